The summed E-state index contributed by atoms with van der Waals surface area (Å²) in [5.74, 6) is -0.314. The number of carbonyl (C=O) groups excluding carboxylic acids is 1. The van der Waals surface area contributed by atoms with E-state index < -0.39 is 0 Å². The van der Waals surface area contributed by atoms with E-state index in [-0.39, 0.29) is 5.91 Å². The second-order valence-electron chi connectivity index (χ2n) is 3.63. The van der Waals surface area contributed by atoms with Crippen LogP contribution in [-0.2, 0) is 6.54 Å². The Morgan fingerprint density at radius 1 is 1.39 bits per heavy atom. The van der Waals surface area contributed by atoms with Crippen LogP contribution in [0.3, 0.4) is 0 Å². The van der Waals surface area contributed by atoms with Crippen LogP contribution in [0.4, 0.5) is 5.69 Å². The number of nitrogens with one attached hydrogen (secondary N) is 1. The van der Waals surface area contributed by atoms with Gasteiger partial charge in [-0.1, -0.05) is 23.2 Å². The summed E-state index contributed by atoms with van der Waals surface area (Å²) in [6.07, 6.45) is 1.74. The van der Waals surface area contributed by atoms with Crippen molar-refractivity contribution in [3.05, 3.63) is 46.2 Å². The number of halogens is 2. The number of aryl methyl sites for hydroxylation is 1. The summed E-state index contributed by atoms with van der Waals surface area (Å²) in [6, 6.07) is 6.53. The van der Waals surface area contributed by atoms with Crippen molar-refractivity contribution < 1.29 is 4.79 Å². The van der Waals surface area contributed by atoms with Crippen LogP contribution in [0.25, 0.3) is 0 Å². The number of aromatic nitrogens is 2. The minimum Gasteiger partial charge on any atom is -0.319 e. The minimum atomic E-state index is -0.314. The molecule has 1 heterocycles. The number of carbonyl (C=O) groups is 1. The Labute approximate surface area is 115 Å². The molecule has 0 bridgehead atoms. The van der Waals surface area contributed by atoms with E-state index >= 15 is 0 Å². The van der Waals surface area contributed by atoms with E-state index in [2.05, 4.69) is 10.4 Å². The number of rotatable bonds is 3. The summed E-state index contributed by atoms with van der Waals surface area (Å²) in [5.41, 5.74) is 0.813. The van der Waals surface area contributed by atoms with Gasteiger partial charge >= 0.3 is 0 Å². The van der Waals surface area contributed by atoms with Gasteiger partial charge in [-0.05, 0) is 31.2 Å². The standard InChI is InChI=1S/C12H11Cl2N3O/c1-2-17-6-5-10(16-17)12(18)15-11-7-8(13)3-4-9(11)14/h3-7H,2H2,1H3,(H,15,18). The van der Waals surface area contributed by atoms with E-state index in [0.717, 1.165) is 0 Å². The number of amides is 1. The highest BCUT2D eigenvalue weighted by molar-refractivity contribution is 6.35. The molecule has 0 saturated carbocycles. The molecule has 0 aliphatic heterocycles. The van der Waals surface area contributed by atoms with Gasteiger partial charge in [0, 0.05) is 17.8 Å². The molecule has 0 spiro atoms. The molecule has 0 atom stereocenters. The Morgan fingerprint density at radius 3 is 2.83 bits per heavy atom. The second-order valence-corrected chi connectivity index (χ2v) is 4.48. The van der Waals surface area contributed by atoms with E-state index in [9.17, 15) is 4.79 Å². The lowest BCUT2D eigenvalue weighted by atomic mass is 10.3. The number of benzene rings is 1. The summed E-state index contributed by atoms with van der Waals surface area (Å²) in [5, 5.41) is 7.72. The average molecular weight is 284 g/mol. The van der Waals surface area contributed by atoms with E-state index in [1.54, 1.807) is 35.1 Å². The zero-order valence-electron chi connectivity index (χ0n) is 9.65. The summed E-state index contributed by atoms with van der Waals surface area (Å²) in [7, 11) is 0. The lowest BCUT2D eigenvalue weighted by molar-refractivity contribution is 0.102. The fourth-order valence-electron chi connectivity index (χ4n) is 1.44. The largest absolute Gasteiger partial charge is 0.319 e. The summed E-state index contributed by atoms with van der Waals surface area (Å²) >= 11 is 11.8. The van der Waals surface area contributed by atoms with Gasteiger partial charge in [-0.25, -0.2) is 0 Å². The van der Waals surface area contributed by atoms with Gasteiger partial charge in [-0.15, -0.1) is 0 Å². The average Bonchev–Trinajstić information content (AvgIpc) is 2.82. The maximum atomic E-state index is 11.9. The Morgan fingerprint density at radius 2 is 2.17 bits per heavy atom. The van der Waals surface area contributed by atoms with Crippen molar-refractivity contribution in [1.29, 1.82) is 0 Å². The van der Waals surface area contributed by atoms with Crippen molar-refractivity contribution in [2.75, 3.05) is 5.32 Å². The number of anilines is 1. The monoisotopic (exact) mass is 283 g/mol. The molecule has 1 aromatic heterocycles. The maximum Gasteiger partial charge on any atom is 0.276 e. The molecule has 1 aromatic carbocycles. The first-order valence-electron chi connectivity index (χ1n) is 5.40. The number of nitrogens with zero attached hydrogens (tertiary/aromatic N) is 2. The zero-order valence-corrected chi connectivity index (χ0v) is 11.2. The molecule has 0 unspecified atom stereocenters. The molecule has 0 saturated heterocycles. The first-order chi connectivity index (χ1) is 8.60. The van der Waals surface area contributed by atoms with Gasteiger partial charge in [0.25, 0.3) is 5.91 Å². The van der Waals surface area contributed by atoms with Crippen molar-refractivity contribution in [3.63, 3.8) is 0 Å². The summed E-state index contributed by atoms with van der Waals surface area (Å²) in [4.78, 5) is 11.9. The Bertz CT molecular complexity index is 580. The molecular formula is C12H11Cl2N3O. The van der Waals surface area contributed by atoms with Gasteiger partial charge in [0.2, 0.25) is 0 Å². The topological polar surface area (TPSA) is 46.9 Å². The molecule has 4 nitrogen and oxygen atoms in total. The Kier molecular flexibility index (Phi) is 3.89. The number of hydrogen-bond acceptors (Lipinski definition) is 2. The Balaban J connectivity index is 2.18. The molecule has 2 aromatic rings. The predicted octanol–water partition coefficient (Wildman–Crippen LogP) is 3.46. The van der Waals surface area contributed by atoms with Gasteiger partial charge in [0.15, 0.2) is 5.69 Å². The van der Waals surface area contributed by atoms with Gasteiger partial charge in [-0.3, -0.25) is 9.48 Å². The van der Waals surface area contributed by atoms with E-state index in [0.29, 0.717) is 28.0 Å². The van der Waals surface area contributed by atoms with Crippen molar-refractivity contribution >= 4 is 34.8 Å². The molecule has 94 valence electrons. The molecule has 0 aliphatic carbocycles. The SMILES string of the molecule is CCn1ccc(C(=O)Nc2cc(Cl)ccc2Cl)n1. The van der Waals surface area contributed by atoms with Gasteiger partial charge < -0.3 is 5.32 Å². The van der Waals surface area contributed by atoms with Crippen LogP contribution in [0.15, 0.2) is 30.5 Å². The highest BCUT2D eigenvalue weighted by Crippen LogP contribution is 2.25. The molecule has 0 radical (unpaired) electrons. The first kappa shape index (κ1) is 12.9. The third-order valence-electron chi connectivity index (χ3n) is 2.37. The van der Waals surface area contributed by atoms with Crippen molar-refractivity contribution in [1.82, 2.24) is 9.78 Å². The number of hydrogen-bond donors (Lipinski definition) is 1. The fraction of sp³-hybridized carbons (Fsp3) is 0.167. The third-order valence-corrected chi connectivity index (χ3v) is 2.94. The van der Waals surface area contributed by atoms with Crippen molar-refractivity contribution in [3.8, 4) is 0 Å². The van der Waals surface area contributed by atoms with Crippen molar-refractivity contribution in [2.45, 2.75) is 13.5 Å². The first-order valence-corrected chi connectivity index (χ1v) is 6.15. The molecule has 1 amide bonds. The predicted molar refractivity (Wildman–Crippen MR) is 72.3 cm³/mol. The van der Waals surface area contributed by atoms with Crippen LogP contribution in [0.5, 0.6) is 0 Å². The van der Waals surface area contributed by atoms with E-state index in [1.807, 2.05) is 6.92 Å². The Hall–Kier alpha value is -1.52. The van der Waals surface area contributed by atoms with Crippen LogP contribution in [0, 0.1) is 0 Å². The minimum absolute atomic E-state index is 0.314. The second kappa shape index (κ2) is 5.42. The zero-order chi connectivity index (χ0) is 13.1. The summed E-state index contributed by atoms with van der Waals surface area (Å²) in [6.45, 7) is 2.66. The lowest BCUT2D eigenvalue weighted by Crippen LogP contribution is -2.13. The van der Waals surface area contributed by atoms with E-state index in [4.69, 9.17) is 23.2 Å². The molecule has 0 fully saturated rings. The maximum absolute atomic E-state index is 11.9. The quantitative estimate of drug-likeness (QED) is 0.938. The molecule has 18 heavy (non-hydrogen) atoms. The summed E-state index contributed by atoms with van der Waals surface area (Å²) < 4.78 is 1.68. The fourth-order valence-corrected chi connectivity index (χ4v) is 1.78. The van der Waals surface area contributed by atoms with E-state index in [1.165, 1.54) is 0 Å². The molecular weight excluding hydrogens is 273 g/mol. The van der Waals surface area contributed by atoms with Crippen LogP contribution < -0.4 is 5.32 Å². The van der Waals surface area contributed by atoms with Gasteiger partial charge in [0.1, 0.15) is 0 Å². The highest BCUT2D eigenvalue weighted by Gasteiger charge is 2.11. The highest BCUT2D eigenvalue weighted by atomic mass is 35.5. The lowest BCUT2D eigenvalue weighted by Gasteiger charge is -2.05. The van der Waals surface area contributed by atoms with Gasteiger partial charge in [-0.2, -0.15) is 5.10 Å². The van der Waals surface area contributed by atoms with Crippen LogP contribution >= 0.6 is 23.2 Å². The molecule has 0 aliphatic rings. The van der Waals surface area contributed by atoms with Crippen LogP contribution in [0.1, 0.15) is 17.4 Å². The van der Waals surface area contributed by atoms with Crippen LogP contribution in [-0.4, -0.2) is 15.7 Å². The molecule has 2 rings (SSSR count). The van der Waals surface area contributed by atoms with Crippen molar-refractivity contribution in [2.24, 2.45) is 0 Å². The van der Waals surface area contributed by atoms with Gasteiger partial charge in [0.05, 0.1) is 10.7 Å². The normalized spacial score (nSPS) is 10.4. The van der Waals surface area contributed by atoms with Crippen LogP contribution in [0.2, 0.25) is 10.0 Å². The third kappa shape index (κ3) is 2.83. The smallest absolute Gasteiger partial charge is 0.276 e. The molecule has 1 N–H and O–H groups in total. The molecule has 6 heteroatoms.